The zero-order chi connectivity index (χ0) is 25.7. The van der Waals surface area contributed by atoms with E-state index in [1.54, 1.807) is 6.92 Å². The van der Waals surface area contributed by atoms with Crippen LogP contribution in [0.2, 0.25) is 0 Å². The molecule has 0 aromatic heterocycles. The predicted octanol–water partition coefficient (Wildman–Crippen LogP) is 7.63. The second-order valence-corrected chi connectivity index (χ2v) is 10.0. The summed E-state index contributed by atoms with van der Waals surface area (Å²) in [5.74, 6) is -4.21. The summed E-state index contributed by atoms with van der Waals surface area (Å²) in [6, 6.07) is 5.20. The fourth-order valence-electron chi connectivity index (χ4n) is 5.45. The van der Waals surface area contributed by atoms with E-state index in [2.05, 4.69) is 6.92 Å². The van der Waals surface area contributed by atoms with Crippen LogP contribution in [0.1, 0.15) is 64.4 Å². The summed E-state index contributed by atoms with van der Waals surface area (Å²) >= 11 is 0. The Morgan fingerprint density at radius 1 is 0.778 bits per heavy atom. The van der Waals surface area contributed by atoms with E-state index in [0.29, 0.717) is 31.5 Å². The summed E-state index contributed by atoms with van der Waals surface area (Å²) in [6.07, 6.45) is 8.04. The van der Waals surface area contributed by atoms with Gasteiger partial charge < -0.3 is 14.2 Å². The number of halogens is 4. The molecular weight excluding hydrogens is 472 g/mol. The van der Waals surface area contributed by atoms with Crippen LogP contribution >= 0.6 is 0 Å². The van der Waals surface area contributed by atoms with Crippen LogP contribution in [0.15, 0.2) is 24.3 Å². The summed E-state index contributed by atoms with van der Waals surface area (Å²) in [7, 11) is 0. The summed E-state index contributed by atoms with van der Waals surface area (Å²) in [6.45, 7) is 5.35. The van der Waals surface area contributed by atoms with Crippen LogP contribution in [0, 0.1) is 35.1 Å². The van der Waals surface area contributed by atoms with Gasteiger partial charge in [0.05, 0.1) is 25.4 Å². The summed E-state index contributed by atoms with van der Waals surface area (Å²) in [5.41, 5.74) is -0.415. The molecule has 2 aliphatic rings. The Labute approximate surface area is 211 Å². The molecule has 4 unspecified atom stereocenters. The first-order valence-corrected chi connectivity index (χ1v) is 13.2. The van der Waals surface area contributed by atoms with Crippen molar-refractivity contribution in [1.29, 1.82) is 0 Å². The van der Waals surface area contributed by atoms with Crippen LogP contribution in [0.5, 0.6) is 5.75 Å². The molecule has 0 N–H and O–H groups in total. The number of hydrogen-bond donors (Lipinski definition) is 0. The Balaban J connectivity index is 1.32. The molecule has 198 valence electrons. The first-order valence-electron chi connectivity index (χ1n) is 13.2. The van der Waals surface area contributed by atoms with Gasteiger partial charge in [-0.2, -0.15) is 4.39 Å². The second kappa shape index (κ2) is 12.4. The van der Waals surface area contributed by atoms with E-state index in [1.165, 1.54) is 24.3 Å². The molecule has 0 radical (unpaired) electrons. The van der Waals surface area contributed by atoms with Crippen LogP contribution < -0.4 is 4.74 Å². The maximum atomic E-state index is 14.9. The van der Waals surface area contributed by atoms with Gasteiger partial charge in [0.25, 0.3) is 0 Å². The average molecular weight is 509 g/mol. The minimum Gasteiger partial charge on any atom is -0.491 e. The highest BCUT2D eigenvalue weighted by Gasteiger charge is 2.32. The first kappa shape index (κ1) is 26.9. The second-order valence-electron chi connectivity index (χ2n) is 10.0. The van der Waals surface area contributed by atoms with Gasteiger partial charge in [0.2, 0.25) is 5.82 Å². The SMILES string of the molecule is CCCC1CCC(C2CCC(CCc3ccc(-c4ccc(OCC)c(F)c4F)c(F)c3F)CO2)CO1. The van der Waals surface area contributed by atoms with Crippen molar-refractivity contribution >= 4 is 0 Å². The van der Waals surface area contributed by atoms with Gasteiger partial charge in [0, 0.05) is 23.7 Å². The molecule has 2 aromatic rings. The highest BCUT2D eigenvalue weighted by molar-refractivity contribution is 5.66. The lowest BCUT2D eigenvalue weighted by atomic mass is 9.85. The molecule has 7 heteroatoms. The van der Waals surface area contributed by atoms with Crippen molar-refractivity contribution in [2.75, 3.05) is 19.8 Å². The Morgan fingerprint density at radius 3 is 2.17 bits per heavy atom. The van der Waals surface area contributed by atoms with Gasteiger partial charge in [-0.25, -0.2) is 13.2 Å². The molecule has 2 heterocycles. The molecule has 2 fully saturated rings. The van der Waals surface area contributed by atoms with Crippen LogP contribution in [0.3, 0.4) is 0 Å². The van der Waals surface area contributed by atoms with E-state index >= 15 is 0 Å². The Kier molecular flexibility index (Phi) is 9.29. The van der Waals surface area contributed by atoms with E-state index in [4.69, 9.17) is 14.2 Å². The van der Waals surface area contributed by atoms with Crippen LogP contribution in [-0.2, 0) is 15.9 Å². The average Bonchev–Trinajstić information content (AvgIpc) is 2.89. The van der Waals surface area contributed by atoms with Crippen molar-refractivity contribution in [3.63, 3.8) is 0 Å². The number of ether oxygens (including phenoxy) is 3. The zero-order valence-corrected chi connectivity index (χ0v) is 21.1. The number of hydrogen-bond acceptors (Lipinski definition) is 3. The summed E-state index contributed by atoms with van der Waals surface area (Å²) in [5, 5.41) is 0. The zero-order valence-electron chi connectivity index (χ0n) is 21.1. The summed E-state index contributed by atoms with van der Waals surface area (Å²) < 4.78 is 75.7. The number of aryl methyl sites for hydroxylation is 1. The molecule has 2 saturated heterocycles. The largest absolute Gasteiger partial charge is 0.491 e. The van der Waals surface area contributed by atoms with Gasteiger partial charge in [0.1, 0.15) is 0 Å². The maximum absolute atomic E-state index is 14.9. The molecule has 0 aliphatic carbocycles. The smallest absolute Gasteiger partial charge is 0.201 e. The molecule has 0 bridgehead atoms. The van der Waals surface area contributed by atoms with Crippen LogP contribution in [0.4, 0.5) is 17.6 Å². The Morgan fingerprint density at radius 2 is 1.53 bits per heavy atom. The number of benzene rings is 2. The molecule has 4 rings (SSSR count). The Hall–Kier alpha value is -2.12. The molecule has 4 atom stereocenters. The lowest BCUT2D eigenvalue weighted by Crippen LogP contribution is -2.38. The molecule has 0 amide bonds. The fourth-order valence-corrected chi connectivity index (χ4v) is 5.45. The van der Waals surface area contributed by atoms with Gasteiger partial charge in [-0.3, -0.25) is 0 Å². The third-order valence-corrected chi connectivity index (χ3v) is 7.57. The lowest BCUT2D eigenvalue weighted by molar-refractivity contribution is -0.104. The van der Waals surface area contributed by atoms with Crippen molar-refractivity contribution < 1.29 is 31.8 Å². The van der Waals surface area contributed by atoms with E-state index in [0.717, 1.165) is 45.1 Å². The van der Waals surface area contributed by atoms with E-state index in [-0.39, 0.29) is 41.1 Å². The molecule has 2 aromatic carbocycles. The van der Waals surface area contributed by atoms with Crippen LogP contribution in [0.25, 0.3) is 11.1 Å². The third-order valence-electron chi connectivity index (χ3n) is 7.57. The molecule has 3 nitrogen and oxygen atoms in total. The van der Waals surface area contributed by atoms with Gasteiger partial charge in [-0.1, -0.05) is 25.5 Å². The molecule has 2 aliphatic heterocycles. The minimum atomic E-state index is -1.26. The van der Waals surface area contributed by atoms with Crippen molar-refractivity contribution in [1.82, 2.24) is 0 Å². The van der Waals surface area contributed by atoms with E-state index < -0.39 is 23.3 Å². The quantitative estimate of drug-likeness (QED) is 0.326. The van der Waals surface area contributed by atoms with E-state index in [1.807, 2.05) is 0 Å². The van der Waals surface area contributed by atoms with Gasteiger partial charge in [-0.15, -0.1) is 0 Å². The topological polar surface area (TPSA) is 27.7 Å². The fraction of sp³-hybridized carbons (Fsp3) is 0.586. The highest BCUT2D eigenvalue weighted by Crippen LogP contribution is 2.35. The van der Waals surface area contributed by atoms with Crippen LogP contribution in [-0.4, -0.2) is 32.0 Å². The lowest BCUT2D eigenvalue weighted by Gasteiger charge is -2.38. The third kappa shape index (κ3) is 6.05. The van der Waals surface area contributed by atoms with Gasteiger partial charge >= 0.3 is 0 Å². The summed E-state index contributed by atoms with van der Waals surface area (Å²) in [4.78, 5) is 0. The predicted molar refractivity (Wildman–Crippen MR) is 131 cm³/mol. The highest BCUT2D eigenvalue weighted by atomic mass is 19.2. The normalized spacial score (nSPS) is 24.6. The number of rotatable bonds is 9. The maximum Gasteiger partial charge on any atom is 0.201 e. The molecule has 0 spiro atoms. The first-order chi connectivity index (χ1) is 17.4. The van der Waals surface area contributed by atoms with E-state index in [9.17, 15) is 17.6 Å². The monoisotopic (exact) mass is 508 g/mol. The van der Waals surface area contributed by atoms with Crippen molar-refractivity contribution in [3.8, 4) is 16.9 Å². The van der Waals surface area contributed by atoms with Crippen molar-refractivity contribution in [2.45, 2.75) is 77.4 Å². The van der Waals surface area contributed by atoms with Crippen molar-refractivity contribution in [2.24, 2.45) is 11.8 Å². The molecule has 36 heavy (non-hydrogen) atoms. The standard InChI is InChI=1S/C29H36F4O3/c1-3-5-21-11-9-20(17-35-21)24-14-7-18(16-36-24)6-8-19-10-12-22(27(31)26(19)30)23-13-15-25(34-4-2)29(33)28(23)32/h10,12-13,15,18,20-21,24H,3-9,11,14,16-17H2,1-2H3. The van der Waals surface area contributed by atoms with Gasteiger partial charge in [0.15, 0.2) is 23.2 Å². The Bertz CT molecular complexity index is 1010. The minimum absolute atomic E-state index is 0.161. The molecular formula is C29H36F4O3. The van der Waals surface area contributed by atoms with Gasteiger partial charge in [-0.05, 0) is 75.5 Å². The molecule has 0 saturated carbocycles. The van der Waals surface area contributed by atoms with Crippen molar-refractivity contribution in [3.05, 3.63) is 53.1 Å².